The van der Waals surface area contributed by atoms with Crippen molar-refractivity contribution in [1.29, 1.82) is 0 Å². The summed E-state index contributed by atoms with van der Waals surface area (Å²) >= 11 is 0. The fourth-order valence-corrected chi connectivity index (χ4v) is 4.37. The van der Waals surface area contributed by atoms with E-state index in [4.69, 9.17) is 10.5 Å². The zero-order chi connectivity index (χ0) is 28.6. The largest absolute Gasteiger partial charge is 0.457 e. The number of nitrogens with one attached hydrogen (secondary N) is 3. The lowest BCUT2D eigenvalue weighted by Crippen LogP contribution is -2.33. The molecule has 3 aromatic heterocycles. The van der Waals surface area contributed by atoms with Crippen molar-refractivity contribution in [3.05, 3.63) is 90.9 Å². The molecule has 0 saturated carbocycles. The number of carbonyl (C=O) groups is 1. The van der Waals surface area contributed by atoms with Crippen LogP contribution in [0, 0.1) is 0 Å². The first-order valence-corrected chi connectivity index (χ1v) is 12.3. The number of H-pyrrole nitrogens is 1. The number of hydrogen-bond donors (Lipinski definition) is 4. The van der Waals surface area contributed by atoms with E-state index in [9.17, 15) is 18.0 Å². The summed E-state index contributed by atoms with van der Waals surface area (Å²) in [5.74, 6) is 1.02. The average molecular weight is 559 g/mol. The molecule has 3 heterocycles. The number of hydrogen-bond acceptors (Lipinski definition) is 7. The fraction of sp³-hybridized carbons (Fsp3) is 0.0714. The molecule has 5 N–H and O–H groups in total. The van der Waals surface area contributed by atoms with Crippen LogP contribution in [0.25, 0.3) is 27.7 Å². The quantitative estimate of drug-likeness (QED) is 0.198. The highest BCUT2D eigenvalue weighted by Gasteiger charge is 2.29. The predicted molar refractivity (Wildman–Crippen MR) is 147 cm³/mol. The number of fused-ring (bicyclic) bond motifs is 2. The lowest BCUT2D eigenvalue weighted by atomic mass is 10.0. The van der Waals surface area contributed by atoms with E-state index in [0.29, 0.717) is 34.0 Å². The molecule has 0 aliphatic rings. The molecular formula is C28H21F3N8O2. The molecule has 3 aromatic carbocycles. The zero-order valence-corrected chi connectivity index (χ0v) is 21.1. The van der Waals surface area contributed by atoms with Gasteiger partial charge in [-0.05, 0) is 42.0 Å². The van der Waals surface area contributed by atoms with Gasteiger partial charge in [-0.15, -0.1) is 0 Å². The molecule has 0 aliphatic carbocycles. The Balaban J connectivity index is 1.26. The normalized spacial score (nSPS) is 11.6. The van der Waals surface area contributed by atoms with Crippen molar-refractivity contribution in [2.75, 3.05) is 17.6 Å². The molecule has 206 valence electrons. The number of benzene rings is 3. The second-order valence-electron chi connectivity index (χ2n) is 9.04. The highest BCUT2D eigenvalue weighted by Crippen LogP contribution is 2.34. The lowest BCUT2D eigenvalue weighted by Gasteiger charge is -2.10. The highest BCUT2D eigenvalue weighted by atomic mass is 19.4. The van der Waals surface area contributed by atoms with Crippen LogP contribution in [0.2, 0.25) is 0 Å². The summed E-state index contributed by atoms with van der Waals surface area (Å²) < 4.78 is 45.4. The SMILES string of the molecule is Nc1ncnn2cc(C(=O)NCC(F)(F)F)c(-c3ccc(Nc4nc5ccc(Oc6ccccc6)cc5[nH]4)cc3)c12. The molecule has 10 nitrogen and oxygen atoms in total. The van der Waals surface area contributed by atoms with E-state index in [1.54, 1.807) is 24.3 Å². The second-order valence-corrected chi connectivity index (χ2v) is 9.04. The van der Waals surface area contributed by atoms with Crippen LogP contribution in [0.15, 0.2) is 85.3 Å². The minimum Gasteiger partial charge on any atom is -0.457 e. The van der Waals surface area contributed by atoms with Crippen LogP contribution >= 0.6 is 0 Å². The third-order valence-corrected chi connectivity index (χ3v) is 6.16. The van der Waals surface area contributed by atoms with Crippen LogP contribution in [-0.4, -0.2) is 43.2 Å². The number of halogens is 3. The smallest absolute Gasteiger partial charge is 0.405 e. The number of alkyl halides is 3. The Labute approximate surface area is 230 Å². The molecule has 0 radical (unpaired) electrons. The van der Waals surface area contributed by atoms with Gasteiger partial charge in [0, 0.05) is 23.5 Å². The number of anilines is 3. The predicted octanol–water partition coefficient (Wildman–Crippen LogP) is 5.68. The van der Waals surface area contributed by atoms with Crippen LogP contribution in [0.1, 0.15) is 10.4 Å². The number of amides is 1. The first-order valence-electron chi connectivity index (χ1n) is 12.3. The maximum atomic E-state index is 12.7. The Hall–Kier alpha value is -5.59. The molecule has 0 atom stereocenters. The third-order valence-electron chi connectivity index (χ3n) is 6.16. The topological polar surface area (TPSA) is 135 Å². The number of para-hydroxylation sites is 1. The lowest BCUT2D eigenvalue weighted by molar-refractivity contribution is -0.123. The van der Waals surface area contributed by atoms with Gasteiger partial charge < -0.3 is 26.1 Å². The molecule has 6 aromatic rings. The van der Waals surface area contributed by atoms with E-state index in [-0.39, 0.29) is 11.4 Å². The molecule has 0 aliphatic heterocycles. The van der Waals surface area contributed by atoms with E-state index in [1.807, 2.05) is 53.8 Å². The van der Waals surface area contributed by atoms with Gasteiger partial charge in [0.25, 0.3) is 5.91 Å². The monoisotopic (exact) mass is 558 g/mol. The van der Waals surface area contributed by atoms with Crippen LogP contribution in [-0.2, 0) is 0 Å². The van der Waals surface area contributed by atoms with E-state index < -0.39 is 18.6 Å². The molecule has 41 heavy (non-hydrogen) atoms. The van der Waals surface area contributed by atoms with Gasteiger partial charge >= 0.3 is 6.18 Å². The van der Waals surface area contributed by atoms with Crippen molar-refractivity contribution in [2.45, 2.75) is 6.18 Å². The van der Waals surface area contributed by atoms with Gasteiger partial charge in [-0.1, -0.05) is 30.3 Å². The van der Waals surface area contributed by atoms with Gasteiger partial charge in [-0.25, -0.2) is 14.5 Å². The number of aromatic nitrogens is 5. The molecular weight excluding hydrogens is 537 g/mol. The van der Waals surface area contributed by atoms with Crippen molar-refractivity contribution in [3.8, 4) is 22.6 Å². The third kappa shape index (κ3) is 5.45. The Bertz CT molecular complexity index is 1870. The van der Waals surface area contributed by atoms with E-state index in [2.05, 4.69) is 25.4 Å². The van der Waals surface area contributed by atoms with Crippen molar-refractivity contribution in [3.63, 3.8) is 0 Å². The minimum atomic E-state index is -4.56. The summed E-state index contributed by atoms with van der Waals surface area (Å²) in [5.41, 5.74) is 9.35. The number of aromatic amines is 1. The molecule has 0 fully saturated rings. The van der Waals surface area contributed by atoms with E-state index >= 15 is 0 Å². The summed E-state index contributed by atoms with van der Waals surface area (Å²) in [6.45, 7) is -1.47. The maximum Gasteiger partial charge on any atom is 0.405 e. The van der Waals surface area contributed by atoms with Crippen molar-refractivity contribution >= 4 is 39.9 Å². The number of nitrogens with zero attached hydrogens (tertiary/aromatic N) is 4. The van der Waals surface area contributed by atoms with Gasteiger partial charge in [-0.3, -0.25) is 4.79 Å². The van der Waals surface area contributed by atoms with Crippen molar-refractivity contribution in [2.24, 2.45) is 0 Å². The van der Waals surface area contributed by atoms with Crippen LogP contribution in [0.4, 0.5) is 30.6 Å². The van der Waals surface area contributed by atoms with Gasteiger partial charge in [-0.2, -0.15) is 18.3 Å². The van der Waals surface area contributed by atoms with Gasteiger partial charge in [0.1, 0.15) is 29.9 Å². The Kier molecular flexibility index (Phi) is 6.38. The minimum absolute atomic E-state index is 0.0204. The molecule has 13 heteroatoms. The van der Waals surface area contributed by atoms with Gasteiger partial charge in [0.05, 0.1) is 16.6 Å². The molecule has 0 saturated heterocycles. The summed E-state index contributed by atoms with van der Waals surface area (Å²) in [6, 6.07) is 21.8. The first-order chi connectivity index (χ1) is 19.7. The van der Waals surface area contributed by atoms with Crippen molar-refractivity contribution < 1.29 is 22.7 Å². The average Bonchev–Trinajstić information content (AvgIpc) is 3.54. The van der Waals surface area contributed by atoms with Crippen LogP contribution in [0.3, 0.4) is 0 Å². The number of carbonyl (C=O) groups excluding carboxylic acids is 1. The zero-order valence-electron chi connectivity index (χ0n) is 21.1. The number of rotatable bonds is 7. The van der Waals surface area contributed by atoms with E-state index in [1.165, 1.54) is 17.0 Å². The van der Waals surface area contributed by atoms with Gasteiger partial charge in [0.15, 0.2) is 5.82 Å². The van der Waals surface area contributed by atoms with Gasteiger partial charge in [0.2, 0.25) is 5.95 Å². The summed E-state index contributed by atoms with van der Waals surface area (Å²) in [4.78, 5) is 24.5. The first kappa shape index (κ1) is 25.7. The maximum absolute atomic E-state index is 12.7. The Morgan fingerprint density at radius 3 is 2.56 bits per heavy atom. The second kappa shape index (κ2) is 10.2. The summed E-state index contributed by atoms with van der Waals surface area (Å²) in [5, 5.41) is 9.15. The molecule has 6 rings (SSSR count). The summed E-state index contributed by atoms with van der Waals surface area (Å²) in [6.07, 6.45) is -2.04. The molecule has 1 amide bonds. The molecule has 0 unspecified atom stereocenters. The number of nitrogens with two attached hydrogens (primary N) is 1. The van der Waals surface area contributed by atoms with Crippen LogP contribution < -0.4 is 21.1 Å². The number of imidazole rings is 1. The molecule has 0 spiro atoms. The number of nitrogen functional groups attached to an aromatic ring is 1. The van der Waals surface area contributed by atoms with Crippen molar-refractivity contribution in [1.82, 2.24) is 29.9 Å². The van der Waals surface area contributed by atoms with E-state index in [0.717, 1.165) is 16.8 Å². The Morgan fingerprint density at radius 1 is 1.02 bits per heavy atom. The Morgan fingerprint density at radius 2 is 1.80 bits per heavy atom. The fourth-order valence-electron chi connectivity index (χ4n) is 4.37. The van der Waals surface area contributed by atoms with Crippen LogP contribution in [0.5, 0.6) is 11.5 Å². The number of ether oxygens (including phenoxy) is 1. The highest BCUT2D eigenvalue weighted by molar-refractivity contribution is 6.07. The molecule has 0 bridgehead atoms. The summed E-state index contributed by atoms with van der Waals surface area (Å²) in [7, 11) is 0. The standard InChI is InChI=1S/C28H21F3N8O2/c29-28(30,31)14-33-26(40)20-13-39-24(25(32)34-15-35-39)23(20)16-6-8-17(9-7-16)36-27-37-21-11-10-19(12-22(21)38-27)41-18-4-2-1-3-5-18/h1-13,15H,14H2,(H,33,40)(H2,32,34,35)(H2,36,37,38).